The van der Waals surface area contributed by atoms with Gasteiger partial charge in [-0.15, -0.1) is 0 Å². The average molecular weight is 390 g/mol. The summed E-state index contributed by atoms with van der Waals surface area (Å²) in [6.45, 7) is 0. The summed E-state index contributed by atoms with van der Waals surface area (Å²) in [7, 11) is 1.67. The van der Waals surface area contributed by atoms with Gasteiger partial charge in [-0.1, -0.05) is 0 Å². The molecule has 0 aromatic carbocycles. The Morgan fingerprint density at radius 1 is 1.11 bits per heavy atom. The molecule has 154 valence electrons. The molecule has 2 aliphatic carbocycles. The molecule has 0 aliphatic heterocycles. The van der Waals surface area contributed by atoms with E-state index in [9.17, 15) is 14.7 Å². The largest absolute Gasteiger partial charge is 0.393 e. The molecule has 2 aliphatic rings. The zero-order chi connectivity index (χ0) is 20.1. The van der Waals surface area contributed by atoms with Crippen LogP contribution in [0.1, 0.15) is 61.7 Å². The van der Waals surface area contributed by atoms with Crippen molar-refractivity contribution >= 4 is 23.6 Å². The summed E-state index contributed by atoms with van der Waals surface area (Å²) in [6.07, 6.45) is 7.72. The fraction of sp³-hybridized carbons (Fsp3) is 0.684. The van der Waals surface area contributed by atoms with Crippen molar-refractivity contribution in [2.45, 2.75) is 69.6 Å². The first-order valence-corrected chi connectivity index (χ1v) is 10.1. The molecule has 2 saturated carbocycles. The molecule has 0 saturated heterocycles. The molecule has 3 rings (SSSR count). The summed E-state index contributed by atoms with van der Waals surface area (Å²) in [4.78, 5) is 32.2. The van der Waals surface area contributed by atoms with Crippen molar-refractivity contribution in [1.29, 1.82) is 0 Å². The van der Waals surface area contributed by atoms with Crippen LogP contribution in [0.3, 0.4) is 0 Å². The lowest BCUT2D eigenvalue weighted by Crippen LogP contribution is -2.34. The third-order valence-electron chi connectivity index (χ3n) is 5.72. The molecule has 1 aromatic heterocycles. The SMILES string of the molecule is CNC(=O)C1CCC(Nc2ncc(C(N)=O)c(N[C@@H]3CCC[C@H](O)C3)n2)CC1. The van der Waals surface area contributed by atoms with Gasteiger partial charge in [0.1, 0.15) is 5.82 Å². The molecule has 9 heteroatoms. The van der Waals surface area contributed by atoms with Gasteiger partial charge in [0.05, 0.1) is 11.7 Å². The quantitative estimate of drug-likeness (QED) is 0.488. The summed E-state index contributed by atoms with van der Waals surface area (Å²) in [6, 6.07) is 0.234. The van der Waals surface area contributed by atoms with Gasteiger partial charge in [0.2, 0.25) is 11.9 Å². The van der Waals surface area contributed by atoms with Gasteiger partial charge in [-0.3, -0.25) is 9.59 Å². The number of rotatable bonds is 6. The molecule has 0 radical (unpaired) electrons. The highest BCUT2D eigenvalue weighted by molar-refractivity contribution is 5.97. The maximum absolute atomic E-state index is 11.8. The molecule has 0 unspecified atom stereocenters. The predicted octanol–water partition coefficient (Wildman–Crippen LogP) is 1.01. The van der Waals surface area contributed by atoms with Crippen LogP contribution in [0.5, 0.6) is 0 Å². The van der Waals surface area contributed by atoms with E-state index in [1.165, 1.54) is 6.20 Å². The number of carbonyl (C=O) groups excluding carboxylic acids is 2. The van der Waals surface area contributed by atoms with Crippen LogP contribution in [0, 0.1) is 5.92 Å². The topological polar surface area (TPSA) is 142 Å². The van der Waals surface area contributed by atoms with E-state index in [2.05, 4.69) is 25.9 Å². The zero-order valence-corrected chi connectivity index (χ0v) is 16.3. The first kappa shape index (κ1) is 20.3. The summed E-state index contributed by atoms with van der Waals surface area (Å²) in [5.74, 6) is 0.421. The number of aliphatic hydroxyl groups excluding tert-OH is 1. The van der Waals surface area contributed by atoms with Crippen molar-refractivity contribution in [2.24, 2.45) is 11.7 Å². The number of hydrogen-bond donors (Lipinski definition) is 5. The maximum atomic E-state index is 11.8. The van der Waals surface area contributed by atoms with Gasteiger partial charge in [0, 0.05) is 31.2 Å². The molecular formula is C19H30N6O3. The van der Waals surface area contributed by atoms with E-state index in [0.29, 0.717) is 18.2 Å². The molecule has 1 heterocycles. The molecular weight excluding hydrogens is 360 g/mol. The van der Waals surface area contributed by atoms with Gasteiger partial charge in [0.15, 0.2) is 0 Å². The van der Waals surface area contributed by atoms with Crippen molar-refractivity contribution < 1.29 is 14.7 Å². The lowest BCUT2D eigenvalue weighted by molar-refractivity contribution is -0.125. The number of nitrogens with one attached hydrogen (secondary N) is 3. The van der Waals surface area contributed by atoms with Crippen LogP contribution >= 0.6 is 0 Å². The van der Waals surface area contributed by atoms with E-state index in [1.54, 1.807) is 7.05 Å². The molecule has 2 amide bonds. The summed E-state index contributed by atoms with van der Waals surface area (Å²) in [5, 5.41) is 19.2. The number of nitrogens with zero attached hydrogens (tertiary/aromatic N) is 2. The van der Waals surface area contributed by atoms with Crippen LogP contribution in [0.25, 0.3) is 0 Å². The number of nitrogens with two attached hydrogens (primary N) is 1. The standard InChI is InChI=1S/C19H30N6O3/c1-21-18(28)11-5-7-12(8-6-11)24-19-22-10-15(16(20)27)17(25-19)23-13-3-2-4-14(26)9-13/h10-14,26H,2-9H2,1H3,(H2,20,27)(H,21,28)(H2,22,23,24,25)/t11?,12?,13-,14+/m1/s1. The minimum Gasteiger partial charge on any atom is -0.393 e. The first-order valence-electron chi connectivity index (χ1n) is 10.1. The number of hydrogen-bond acceptors (Lipinski definition) is 7. The Morgan fingerprint density at radius 2 is 1.86 bits per heavy atom. The molecule has 0 bridgehead atoms. The predicted molar refractivity (Wildman–Crippen MR) is 106 cm³/mol. The number of anilines is 2. The molecule has 1 aromatic rings. The van der Waals surface area contributed by atoms with Crippen LogP contribution in [-0.4, -0.2) is 52.1 Å². The number of primary amides is 1. The normalized spacial score (nSPS) is 27.6. The summed E-state index contributed by atoms with van der Waals surface area (Å²) in [5.41, 5.74) is 5.72. The van der Waals surface area contributed by atoms with Crippen LogP contribution in [0.2, 0.25) is 0 Å². The van der Waals surface area contributed by atoms with Crippen molar-refractivity contribution in [2.75, 3.05) is 17.7 Å². The Labute approximate surface area is 164 Å². The number of amides is 2. The Bertz CT molecular complexity index is 705. The summed E-state index contributed by atoms with van der Waals surface area (Å²) < 4.78 is 0. The second-order valence-electron chi connectivity index (χ2n) is 7.79. The highest BCUT2D eigenvalue weighted by Gasteiger charge is 2.27. The molecule has 0 spiro atoms. The average Bonchev–Trinajstić information content (AvgIpc) is 2.68. The highest BCUT2D eigenvalue weighted by Crippen LogP contribution is 2.27. The van der Waals surface area contributed by atoms with E-state index >= 15 is 0 Å². The van der Waals surface area contributed by atoms with Gasteiger partial charge in [-0.2, -0.15) is 4.98 Å². The van der Waals surface area contributed by atoms with Crippen LogP contribution < -0.4 is 21.7 Å². The third-order valence-corrected chi connectivity index (χ3v) is 5.72. The van der Waals surface area contributed by atoms with Crippen LogP contribution in [0.15, 0.2) is 6.20 Å². The van der Waals surface area contributed by atoms with Gasteiger partial charge in [0.25, 0.3) is 5.91 Å². The third kappa shape index (κ3) is 5.09. The molecule has 9 nitrogen and oxygen atoms in total. The number of aromatic nitrogens is 2. The molecule has 2 atom stereocenters. The van der Waals surface area contributed by atoms with Gasteiger partial charge in [-0.25, -0.2) is 4.98 Å². The number of carbonyl (C=O) groups is 2. The fourth-order valence-electron chi connectivity index (χ4n) is 4.12. The zero-order valence-electron chi connectivity index (χ0n) is 16.3. The minimum absolute atomic E-state index is 0.0487. The van der Waals surface area contributed by atoms with E-state index in [0.717, 1.165) is 44.9 Å². The first-order chi connectivity index (χ1) is 13.5. The fourth-order valence-corrected chi connectivity index (χ4v) is 4.12. The van der Waals surface area contributed by atoms with Crippen molar-refractivity contribution in [3.05, 3.63) is 11.8 Å². The van der Waals surface area contributed by atoms with Crippen LogP contribution in [-0.2, 0) is 4.79 Å². The molecule has 28 heavy (non-hydrogen) atoms. The van der Waals surface area contributed by atoms with E-state index in [-0.39, 0.29) is 35.6 Å². The summed E-state index contributed by atoms with van der Waals surface area (Å²) >= 11 is 0. The Balaban J connectivity index is 1.65. The van der Waals surface area contributed by atoms with Gasteiger partial charge in [-0.05, 0) is 51.4 Å². The number of aliphatic hydroxyl groups is 1. The monoisotopic (exact) mass is 390 g/mol. The Morgan fingerprint density at radius 3 is 2.50 bits per heavy atom. The second-order valence-corrected chi connectivity index (χ2v) is 7.79. The van der Waals surface area contributed by atoms with E-state index in [1.807, 2.05) is 0 Å². The lowest BCUT2D eigenvalue weighted by Gasteiger charge is -2.29. The van der Waals surface area contributed by atoms with Gasteiger partial charge >= 0.3 is 0 Å². The van der Waals surface area contributed by atoms with E-state index in [4.69, 9.17) is 5.73 Å². The Kier molecular flexibility index (Phi) is 6.66. The molecule has 6 N–H and O–H groups in total. The van der Waals surface area contributed by atoms with Crippen molar-refractivity contribution in [3.63, 3.8) is 0 Å². The van der Waals surface area contributed by atoms with Crippen molar-refractivity contribution in [1.82, 2.24) is 15.3 Å². The Hall–Kier alpha value is -2.42. The highest BCUT2D eigenvalue weighted by atomic mass is 16.3. The van der Waals surface area contributed by atoms with Crippen LogP contribution in [0.4, 0.5) is 11.8 Å². The van der Waals surface area contributed by atoms with Gasteiger partial charge < -0.3 is 26.8 Å². The minimum atomic E-state index is -0.587. The lowest BCUT2D eigenvalue weighted by atomic mass is 9.85. The molecule has 2 fully saturated rings. The van der Waals surface area contributed by atoms with E-state index < -0.39 is 5.91 Å². The smallest absolute Gasteiger partial charge is 0.254 e. The second kappa shape index (κ2) is 9.18. The maximum Gasteiger partial charge on any atom is 0.254 e. The van der Waals surface area contributed by atoms with Crippen molar-refractivity contribution in [3.8, 4) is 0 Å².